The van der Waals surface area contributed by atoms with Gasteiger partial charge in [0.2, 0.25) is 0 Å². The number of benzene rings is 2. The average Bonchev–Trinajstić information content (AvgIpc) is 2.42. The lowest BCUT2D eigenvalue weighted by molar-refractivity contribution is 0.591. The van der Waals surface area contributed by atoms with E-state index in [0.717, 1.165) is 18.2 Å². The van der Waals surface area contributed by atoms with Crippen LogP contribution in [0.5, 0.6) is 0 Å². The van der Waals surface area contributed by atoms with E-state index in [1.54, 1.807) is 6.92 Å². The highest BCUT2D eigenvalue weighted by molar-refractivity contribution is 7.92. The zero-order valence-corrected chi connectivity index (χ0v) is 12.0. The van der Waals surface area contributed by atoms with E-state index in [9.17, 15) is 17.2 Å². The van der Waals surface area contributed by atoms with Gasteiger partial charge in [-0.15, -0.1) is 0 Å². The fraction of sp³-hybridized carbons (Fsp3) is 0.143. The molecule has 0 unspecified atom stereocenters. The minimum Gasteiger partial charge on any atom is -0.326 e. The topological polar surface area (TPSA) is 72.2 Å². The summed E-state index contributed by atoms with van der Waals surface area (Å²) in [6.07, 6.45) is 0. The second-order valence-corrected chi connectivity index (χ2v) is 6.20. The first-order valence-corrected chi connectivity index (χ1v) is 7.59. The summed E-state index contributed by atoms with van der Waals surface area (Å²) in [7, 11) is -4.13. The van der Waals surface area contributed by atoms with Crippen molar-refractivity contribution in [2.75, 3.05) is 4.72 Å². The Labute approximate surface area is 121 Å². The van der Waals surface area contributed by atoms with Crippen LogP contribution in [0.2, 0.25) is 0 Å². The highest BCUT2D eigenvalue weighted by atomic mass is 32.2. The first-order valence-electron chi connectivity index (χ1n) is 6.11. The van der Waals surface area contributed by atoms with Crippen molar-refractivity contribution in [1.29, 1.82) is 0 Å². The van der Waals surface area contributed by atoms with Crippen molar-refractivity contribution in [2.45, 2.75) is 18.4 Å². The second-order valence-electron chi connectivity index (χ2n) is 4.54. The van der Waals surface area contributed by atoms with E-state index in [2.05, 4.69) is 4.72 Å². The van der Waals surface area contributed by atoms with E-state index in [-0.39, 0.29) is 22.7 Å². The normalized spacial score (nSPS) is 11.4. The predicted molar refractivity (Wildman–Crippen MR) is 76.2 cm³/mol. The van der Waals surface area contributed by atoms with Gasteiger partial charge in [-0.25, -0.2) is 17.2 Å². The van der Waals surface area contributed by atoms with Crippen LogP contribution in [-0.2, 0) is 16.6 Å². The van der Waals surface area contributed by atoms with Crippen LogP contribution in [0.4, 0.5) is 14.5 Å². The SMILES string of the molecule is Cc1ccc(F)c(NS(=O)(=O)c2cc(F)ccc2CN)c1. The highest BCUT2D eigenvalue weighted by Crippen LogP contribution is 2.23. The van der Waals surface area contributed by atoms with Crippen LogP contribution >= 0.6 is 0 Å². The lowest BCUT2D eigenvalue weighted by Crippen LogP contribution is -2.17. The van der Waals surface area contributed by atoms with Gasteiger partial charge in [0.05, 0.1) is 10.6 Å². The van der Waals surface area contributed by atoms with E-state index < -0.39 is 21.7 Å². The van der Waals surface area contributed by atoms with Crippen LogP contribution in [0.25, 0.3) is 0 Å². The minimum atomic E-state index is -4.13. The van der Waals surface area contributed by atoms with Gasteiger partial charge in [0.15, 0.2) is 0 Å². The lowest BCUT2D eigenvalue weighted by atomic mass is 10.2. The van der Waals surface area contributed by atoms with Crippen LogP contribution < -0.4 is 10.5 Å². The summed E-state index contributed by atoms with van der Waals surface area (Å²) in [4.78, 5) is -0.300. The molecule has 0 atom stereocenters. The number of anilines is 1. The third-order valence-corrected chi connectivity index (χ3v) is 4.35. The summed E-state index contributed by atoms with van der Waals surface area (Å²) in [5, 5.41) is 0. The van der Waals surface area contributed by atoms with Gasteiger partial charge >= 0.3 is 0 Å². The highest BCUT2D eigenvalue weighted by Gasteiger charge is 2.20. The summed E-state index contributed by atoms with van der Waals surface area (Å²) < 4.78 is 53.7. The van der Waals surface area contributed by atoms with E-state index in [1.807, 2.05) is 0 Å². The number of rotatable bonds is 4. The van der Waals surface area contributed by atoms with Gasteiger partial charge in [-0.3, -0.25) is 4.72 Å². The maximum absolute atomic E-state index is 13.7. The van der Waals surface area contributed by atoms with E-state index in [1.165, 1.54) is 18.2 Å². The third kappa shape index (κ3) is 3.37. The molecule has 0 aliphatic rings. The maximum atomic E-state index is 13.7. The number of halogens is 2. The number of aryl methyl sites for hydroxylation is 1. The summed E-state index contributed by atoms with van der Waals surface area (Å²) in [6, 6.07) is 7.29. The third-order valence-electron chi connectivity index (χ3n) is 2.90. The molecular weight excluding hydrogens is 298 g/mol. The summed E-state index contributed by atoms with van der Waals surface area (Å²) in [5.41, 5.74) is 6.20. The Morgan fingerprint density at radius 3 is 2.52 bits per heavy atom. The number of hydrogen-bond acceptors (Lipinski definition) is 3. The monoisotopic (exact) mass is 312 g/mol. The van der Waals surface area contributed by atoms with E-state index in [4.69, 9.17) is 5.73 Å². The molecule has 2 aromatic rings. The standard InChI is InChI=1S/C14H14F2N2O2S/c1-9-2-5-12(16)13(6-9)18-21(19,20)14-7-11(15)4-3-10(14)8-17/h2-7,18H,8,17H2,1H3. The largest absolute Gasteiger partial charge is 0.326 e. The Kier molecular flexibility index (Phi) is 4.24. The molecule has 21 heavy (non-hydrogen) atoms. The van der Waals surface area contributed by atoms with Crippen molar-refractivity contribution >= 4 is 15.7 Å². The van der Waals surface area contributed by atoms with Crippen LogP contribution in [-0.4, -0.2) is 8.42 Å². The predicted octanol–water partition coefficient (Wildman–Crippen LogP) is 2.53. The van der Waals surface area contributed by atoms with Gasteiger partial charge < -0.3 is 5.73 Å². The molecule has 0 bridgehead atoms. The molecule has 0 saturated carbocycles. The molecule has 112 valence electrons. The molecule has 2 rings (SSSR count). The molecule has 3 N–H and O–H groups in total. The number of hydrogen-bond donors (Lipinski definition) is 2. The fourth-order valence-electron chi connectivity index (χ4n) is 1.86. The average molecular weight is 312 g/mol. The van der Waals surface area contributed by atoms with Gasteiger partial charge in [-0.05, 0) is 42.3 Å². The maximum Gasteiger partial charge on any atom is 0.262 e. The zero-order chi connectivity index (χ0) is 15.6. The van der Waals surface area contributed by atoms with Crippen molar-refractivity contribution in [3.8, 4) is 0 Å². The van der Waals surface area contributed by atoms with Crippen LogP contribution in [0.1, 0.15) is 11.1 Å². The van der Waals surface area contributed by atoms with Gasteiger partial charge in [-0.2, -0.15) is 0 Å². The van der Waals surface area contributed by atoms with Crippen molar-refractivity contribution in [1.82, 2.24) is 0 Å². The van der Waals surface area contributed by atoms with E-state index in [0.29, 0.717) is 5.56 Å². The molecule has 0 aliphatic heterocycles. The Morgan fingerprint density at radius 1 is 1.14 bits per heavy atom. The van der Waals surface area contributed by atoms with Gasteiger partial charge in [0, 0.05) is 6.54 Å². The molecule has 0 heterocycles. The summed E-state index contributed by atoms with van der Waals surface area (Å²) in [5.74, 6) is -1.42. The lowest BCUT2D eigenvalue weighted by Gasteiger charge is -2.12. The molecule has 7 heteroatoms. The van der Waals surface area contributed by atoms with Gasteiger partial charge in [0.1, 0.15) is 11.6 Å². The smallest absolute Gasteiger partial charge is 0.262 e. The Balaban J connectivity index is 2.48. The molecule has 0 fully saturated rings. The van der Waals surface area contributed by atoms with E-state index >= 15 is 0 Å². The Bertz CT molecular complexity index is 777. The van der Waals surface area contributed by atoms with Crippen molar-refractivity contribution in [3.05, 3.63) is 59.2 Å². The quantitative estimate of drug-likeness (QED) is 0.911. The number of sulfonamides is 1. The molecule has 0 aliphatic carbocycles. The molecule has 0 radical (unpaired) electrons. The number of nitrogens with two attached hydrogens (primary N) is 1. The fourth-order valence-corrected chi connectivity index (χ4v) is 3.18. The zero-order valence-electron chi connectivity index (χ0n) is 11.2. The number of nitrogens with one attached hydrogen (secondary N) is 1. The first-order chi connectivity index (χ1) is 9.83. The van der Waals surface area contributed by atoms with Crippen molar-refractivity contribution < 1.29 is 17.2 Å². The molecule has 4 nitrogen and oxygen atoms in total. The van der Waals surface area contributed by atoms with Crippen molar-refractivity contribution in [3.63, 3.8) is 0 Å². The molecule has 0 saturated heterocycles. The molecule has 0 aromatic heterocycles. The second kappa shape index (κ2) is 5.79. The first kappa shape index (κ1) is 15.4. The molecule has 0 amide bonds. The van der Waals surface area contributed by atoms with Crippen LogP contribution in [0.15, 0.2) is 41.3 Å². The Morgan fingerprint density at radius 2 is 1.86 bits per heavy atom. The van der Waals surface area contributed by atoms with Crippen LogP contribution in [0, 0.1) is 18.6 Å². The summed E-state index contributed by atoms with van der Waals surface area (Å²) in [6.45, 7) is 1.62. The minimum absolute atomic E-state index is 0.0766. The Hall–Kier alpha value is -1.99. The molecular formula is C14H14F2N2O2S. The van der Waals surface area contributed by atoms with Crippen LogP contribution in [0.3, 0.4) is 0 Å². The van der Waals surface area contributed by atoms with Gasteiger partial charge in [0.25, 0.3) is 10.0 Å². The summed E-state index contributed by atoms with van der Waals surface area (Å²) >= 11 is 0. The molecule has 2 aromatic carbocycles. The van der Waals surface area contributed by atoms with Gasteiger partial charge in [-0.1, -0.05) is 12.1 Å². The molecule has 0 spiro atoms. The van der Waals surface area contributed by atoms with Crippen molar-refractivity contribution in [2.24, 2.45) is 5.73 Å².